The minimum atomic E-state index is -3.43. The molecule has 4 rings (SSSR count). The van der Waals surface area contributed by atoms with Gasteiger partial charge in [0.25, 0.3) is 0 Å². The second kappa shape index (κ2) is 9.79. The average molecular weight is 452 g/mol. The molecule has 1 saturated heterocycles. The molecule has 0 aliphatic carbocycles. The fourth-order valence-electron chi connectivity index (χ4n) is 4.25. The summed E-state index contributed by atoms with van der Waals surface area (Å²) in [5.41, 5.74) is 2.70. The van der Waals surface area contributed by atoms with Gasteiger partial charge in [0.05, 0.1) is 24.2 Å². The van der Waals surface area contributed by atoms with Crippen LogP contribution in [0.15, 0.2) is 72.0 Å². The lowest BCUT2D eigenvalue weighted by Gasteiger charge is -2.31. The van der Waals surface area contributed by atoms with Gasteiger partial charge in [-0.25, -0.2) is 13.4 Å². The first-order valence-electron chi connectivity index (χ1n) is 11.1. The van der Waals surface area contributed by atoms with E-state index in [9.17, 15) is 13.2 Å². The van der Waals surface area contributed by atoms with Crippen molar-refractivity contribution in [2.75, 3.05) is 18.8 Å². The third-order valence-electron chi connectivity index (χ3n) is 6.15. The first kappa shape index (κ1) is 22.4. The molecular weight excluding hydrogens is 422 g/mol. The van der Waals surface area contributed by atoms with Crippen molar-refractivity contribution < 1.29 is 13.2 Å². The van der Waals surface area contributed by atoms with E-state index >= 15 is 0 Å². The summed E-state index contributed by atoms with van der Waals surface area (Å²) in [6.07, 6.45) is 3.30. The molecule has 1 fully saturated rings. The van der Waals surface area contributed by atoms with Crippen LogP contribution in [0.25, 0.3) is 0 Å². The van der Waals surface area contributed by atoms with Crippen LogP contribution in [-0.2, 0) is 22.9 Å². The van der Waals surface area contributed by atoms with E-state index in [2.05, 4.69) is 9.88 Å². The van der Waals surface area contributed by atoms with Crippen molar-refractivity contribution in [3.05, 3.63) is 83.7 Å². The van der Waals surface area contributed by atoms with E-state index < -0.39 is 9.84 Å². The van der Waals surface area contributed by atoms with E-state index in [-0.39, 0.29) is 22.6 Å². The summed E-state index contributed by atoms with van der Waals surface area (Å²) in [5.74, 6) is 0.278. The Hall–Kier alpha value is -2.77. The zero-order chi connectivity index (χ0) is 22.6. The predicted octanol–water partition coefficient (Wildman–Crippen LogP) is 3.82. The van der Waals surface area contributed by atoms with Crippen LogP contribution in [0.1, 0.15) is 41.4 Å². The molecule has 1 aromatic heterocycles. The molecule has 0 atom stereocenters. The summed E-state index contributed by atoms with van der Waals surface area (Å²) < 4.78 is 27.1. The van der Waals surface area contributed by atoms with Crippen LogP contribution in [-0.4, -0.2) is 47.5 Å². The molecule has 0 radical (unpaired) electrons. The molecule has 7 heteroatoms. The molecule has 32 heavy (non-hydrogen) atoms. The lowest BCUT2D eigenvalue weighted by atomic mass is 9.89. The standard InChI is InChI=1S/C25H29N3O3S/c1-2-32(30,31)25-26-17-23(28(25)18-20-9-5-3-6-10-20)19-27-15-13-22(14-16-27)24(29)21-11-7-4-8-12-21/h3-12,17,22H,2,13-16,18-19H2,1H3. The number of hydrogen-bond acceptors (Lipinski definition) is 5. The van der Waals surface area contributed by atoms with E-state index in [1.165, 1.54) is 0 Å². The molecule has 168 valence electrons. The first-order valence-corrected chi connectivity index (χ1v) is 12.8. The highest BCUT2D eigenvalue weighted by Crippen LogP contribution is 2.24. The number of Topliss-reactive ketones (excluding diaryl/α,β-unsaturated/α-hetero) is 1. The smallest absolute Gasteiger partial charge is 0.228 e. The lowest BCUT2D eigenvalue weighted by Crippen LogP contribution is -2.36. The van der Waals surface area contributed by atoms with E-state index in [4.69, 9.17) is 0 Å². The van der Waals surface area contributed by atoms with Gasteiger partial charge >= 0.3 is 0 Å². The first-order chi connectivity index (χ1) is 15.5. The number of nitrogens with zero attached hydrogens (tertiary/aromatic N) is 3. The largest absolute Gasteiger partial charge is 0.313 e. The number of imidazole rings is 1. The van der Waals surface area contributed by atoms with Crippen LogP contribution < -0.4 is 0 Å². The number of piperidine rings is 1. The van der Waals surface area contributed by atoms with Gasteiger partial charge in [0, 0.05) is 18.0 Å². The number of carbonyl (C=O) groups is 1. The molecule has 3 aromatic rings. The minimum Gasteiger partial charge on any atom is -0.313 e. The molecule has 0 bridgehead atoms. The van der Waals surface area contributed by atoms with Gasteiger partial charge < -0.3 is 4.57 Å². The summed E-state index contributed by atoms with van der Waals surface area (Å²) in [4.78, 5) is 19.4. The summed E-state index contributed by atoms with van der Waals surface area (Å²) in [6.45, 7) is 4.33. The van der Waals surface area contributed by atoms with Crippen molar-refractivity contribution >= 4 is 15.6 Å². The van der Waals surface area contributed by atoms with Crippen LogP contribution in [0.4, 0.5) is 0 Å². The molecule has 2 aromatic carbocycles. The summed E-state index contributed by atoms with van der Waals surface area (Å²) >= 11 is 0. The van der Waals surface area contributed by atoms with Crippen molar-refractivity contribution in [2.24, 2.45) is 5.92 Å². The molecule has 6 nitrogen and oxygen atoms in total. The number of rotatable bonds is 8. The summed E-state index contributed by atoms with van der Waals surface area (Å²) in [7, 11) is -3.43. The van der Waals surface area contributed by atoms with E-state index in [1.54, 1.807) is 13.1 Å². The van der Waals surface area contributed by atoms with Gasteiger partial charge in [-0.2, -0.15) is 0 Å². The molecule has 1 aliphatic rings. The summed E-state index contributed by atoms with van der Waals surface area (Å²) in [6, 6.07) is 19.3. The van der Waals surface area contributed by atoms with Gasteiger partial charge in [0.15, 0.2) is 5.78 Å². The highest BCUT2D eigenvalue weighted by atomic mass is 32.2. The van der Waals surface area contributed by atoms with Crippen LogP contribution in [0, 0.1) is 5.92 Å². The van der Waals surface area contributed by atoms with Gasteiger partial charge in [0.1, 0.15) is 0 Å². The molecule has 1 aliphatic heterocycles. The fraction of sp³-hybridized carbons (Fsp3) is 0.360. The third kappa shape index (κ3) is 5.00. The second-order valence-corrected chi connectivity index (χ2v) is 10.5. The Balaban J connectivity index is 1.48. The predicted molar refractivity (Wildman–Crippen MR) is 124 cm³/mol. The molecule has 0 unspecified atom stereocenters. The van der Waals surface area contributed by atoms with Crippen molar-refractivity contribution in [3.63, 3.8) is 0 Å². The molecule has 0 amide bonds. The average Bonchev–Trinajstić information content (AvgIpc) is 3.23. The van der Waals surface area contributed by atoms with Crippen molar-refractivity contribution in [1.82, 2.24) is 14.5 Å². The van der Waals surface area contributed by atoms with Crippen LogP contribution >= 0.6 is 0 Å². The highest BCUT2D eigenvalue weighted by molar-refractivity contribution is 7.91. The molecular formula is C25H29N3O3S. The highest BCUT2D eigenvalue weighted by Gasteiger charge is 2.27. The van der Waals surface area contributed by atoms with Crippen LogP contribution in [0.2, 0.25) is 0 Å². The van der Waals surface area contributed by atoms with Crippen molar-refractivity contribution in [3.8, 4) is 0 Å². The summed E-state index contributed by atoms with van der Waals surface area (Å²) in [5, 5.41) is 0.132. The van der Waals surface area contributed by atoms with Crippen molar-refractivity contribution in [1.29, 1.82) is 0 Å². The number of likely N-dealkylation sites (tertiary alicyclic amines) is 1. The van der Waals surface area contributed by atoms with Crippen LogP contribution in [0.5, 0.6) is 0 Å². The van der Waals surface area contributed by atoms with Crippen molar-refractivity contribution in [2.45, 2.75) is 38.0 Å². The van der Waals surface area contributed by atoms with E-state index in [0.29, 0.717) is 13.1 Å². The molecule has 2 heterocycles. The zero-order valence-electron chi connectivity index (χ0n) is 18.4. The fourth-order valence-corrected chi connectivity index (χ4v) is 5.24. The number of sulfone groups is 1. The number of ketones is 1. The van der Waals surface area contributed by atoms with Gasteiger partial charge in [-0.05, 0) is 31.5 Å². The maximum Gasteiger partial charge on any atom is 0.228 e. The normalized spacial score (nSPS) is 15.7. The molecule has 0 saturated carbocycles. The quantitative estimate of drug-likeness (QED) is 0.487. The minimum absolute atomic E-state index is 0.0191. The van der Waals surface area contributed by atoms with E-state index in [0.717, 1.165) is 42.8 Å². The lowest BCUT2D eigenvalue weighted by molar-refractivity contribution is 0.0832. The Kier molecular flexibility index (Phi) is 6.86. The SMILES string of the molecule is CCS(=O)(=O)c1ncc(CN2CCC(C(=O)c3ccccc3)CC2)n1Cc1ccccc1. The molecule has 0 spiro atoms. The Morgan fingerprint density at radius 2 is 1.59 bits per heavy atom. The second-order valence-electron chi connectivity index (χ2n) is 8.29. The Labute approximate surface area is 189 Å². The number of benzene rings is 2. The maximum atomic E-state index is 12.8. The number of hydrogen-bond donors (Lipinski definition) is 0. The van der Waals surface area contributed by atoms with Gasteiger partial charge in [0.2, 0.25) is 15.0 Å². The monoisotopic (exact) mass is 451 g/mol. The number of aromatic nitrogens is 2. The van der Waals surface area contributed by atoms with Gasteiger partial charge in [-0.3, -0.25) is 9.69 Å². The zero-order valence-corrected chi connectivity index (χ0v) is 19.2. The van der Waals surface area contributed by atoms with Crippen LogP contribution in [0.3, 0.4) is 0 Å². The Morgan fingerprint density at radius 3 is 2.22 bits per heavy atom. The Bertz CT molecular complexity index is 1150. The van der Waals surface area contributed by atoms with E-state index in [1.807, 2.05) is 65.2 Å². The third-order valence-corrected chi connectivity index (χ3v) is 7.79. The maximum absolute atomic E-state index is 12.8. The Morgan fingerprint density at radius 1 is 0.969 bits per heavy atom. The topological polar surface area (TPSA) is 72.3 Å². The van der Waals surface area contributed by atoms with Gasteiger partial charge in [-0.1, -0.05) is 67.6 Å². The number of carbonyl (C=O) groups excluding carboxylic acids is 1. The molecule has 0 N–H and O–H groups in total. The van der Waals surface area contributed by atoms with Gasteiger partial charge in [-0.15, -0.1) is 0 Å².